The monoisotopic (exact) mass is 333 g/mol. The van der Waals surface area contributed by atoms with E-state index < -0.39 is 17.8 Å². The van der Waals surface area contributed by atoms with Crippen molar-refractivity contribution in [2.75, 3.05) is 7.11 Å². The lowest BCUT2D eigenvalue weighted by Gasteiger charge is -2.23. The molecule has 1 fully saturated rings. The van der Waals surface area contributed by atoms with Crippen molar-refractivity contribution in [3.8, 4) is 0 Å². The number of allylic oxidation sites excluding steroid dienone is 2. The zero-order valence-electron chi connectivity index (χ0n) is 13.4. The number of methoxy groups -OCH3 is 1. The van der Waals surface area contributed by atoms with E-state index in [0.717, 1.165) is 12.0 Å². The summed E-state index contributed by atoms with van der Waals surface area (Å²) in [4.78, 5) is 24.0. The van der Waals surface area contributed by atoms with Crippen molar-refractivity contribution in [2.24, 2.45) is 23.7 Å². The van der Waals surface area contributed by atoms with Gasteiger partial charge in [0.1, 0.15) is 5.82 Å². The maximum Gasteiger partial charge on any atom is 0.307 e. The van der Waals surface area contributed by atoms with Crippen molar-refractivity contribution in [3.63, 3.8) is 0 Å². The van der Waals surface area contributed by atoms with Gasteiger partial charge in [-0.3, -0.25) is 9.59 Å². The molecule has 1 aromatic carbocycles. The predicted octanol–water partition coefficient (Wildman–Crippen LogP) is 2.11. The van der Waals surface area contributed by atoms with Gasteiger partial charge in [-0.15, -0.1) is 0 Å². The largest absolute Gasteiger partial charge is 0.481 e. The lowest BCUT2D eigenvalue weighted by molar-refractivity contribution is -0.147. The van der Waals surface area contributed by atoms with Gasteiger partial charge >= 0.3 is 5.97 Å². The van der Waals surface area contributed by atoms with Crippen molar-refractivity contribution >= 4 is 11.9 Å². The number of aliphatic carboxylic acids is 1. The average molecular weight is 333 g/mol. The van der Waals surface area contributed by atoms with Crippen LogP contribution in [-0.4, -0.2) is 24.1 Å². The summed E-state index contributed by atoms with van der Waals surface area (Å²) < 4.78 is 18.5. The molecular formula is C18H20FNO4. The number of amides is 1. The second-order valence-electron chi connectivity index (χ2n) is 6.41. The van der Waals surface area contributed by atoms with Crippen LogP contribution in [0.15, 0.2) is 30.4 Å². The topological polar surface area (TPSA) is 75.6 Å². The first kappa shape index (κ1) is 16.6. The number of fused-ring (bicyclic) bond motifs is 2. The minimum atomic E-state index is -0.920. The maximum absolute atomic E-state index is 13.6. The Morgan fingerprint density at radius 2 is 2.00 bits per heavy atom. The third kappa shape index (κ3) is 3.06. The first-order valence-electron chi connectivity index (χ1n) is 7.96. The van der Waals surface area contributed by atoms with Gasteiger partial charge in [-0.25, -0.2) is 4.39 Å². The first-order valence-corrected chi connectivity index (χ1v) is 7.96. The number of ether oxygens (including phenoxy) is 1. The molecule has 4 unspecified atom stereocenters. The number of carboxylic acid groups (broad SMARTS) is 1. The molecule has 2 aliphatic carbocycles. The summed E-state index contributed by atoms with van der Waals surface area (Å²) in [7, 11) is 1.49. The molecule has 1 aromatic rings. The molecule has 0 radical (unpaired) electrons. The van der Waals surface area contributed by atoms with Crippen molar-refractivity contribution in [2.45, 2.75) is 19.6 Å². The molecule has 2 aliphatic rings. The normalized spacial score (nSPS) is 27.4. The Labute approximate surface area is 139 Å². The van der Waals surface area contributed by atoms with Gasteiger partial charge in [0, 0.05) is 19.2 Å². The number of halogens is 1. The summed E-state index contributed by atoms with van der Waals surface area (Å²) in [5.74, 6) is -2.77. The van der Waals surface area contributed by atoms with E-state index in [-0.39, 0.29) is 36.7 Å². The molecule has 1 saturated carbocycles. The third-order valence-electron chi connectivity index (χ3n) is 4.92. The molecule has 0 aromatic heterocycles. The smallest absolute Gasteiger partial charge is 0.307 e. The second-order valence-corrected chi connectivity index (χ2v) is 6.41. The summed E-state index contributed by atoms with van der Waals surface area (Å²) >= 11 is 0. The van der Waals surface area contributed by atoms with Gasteiger partial charge < -0.3 is 15.2 Å². The molecule has 4 atom stereocenters. The second kappa shape index (κ2) is 6.73. The Morgan fingerprint density at radius 1 is 1.29 bits per heavy atom. The molecule has 5 nitrogen and oxygen atoms in total. The number of carbonyl (C=O) groups excluding carboxylic acids is 1. The van der Waals surface area contributed by atoms with Crippen LogP contribution in [0.1, 0.15) is 17.5 Å². The average Bonchev–Trinajstić information content (AvgIpc) is 3.16. The van der Waals surface area contributed by atoms with Gasteiger partial charge in [-0.2, -0.15) is 0 Å². The van der Waals surface area contributed by atoms with Gasteiger partial charge in [0.2, 0.25) is 5.91 Å². The SMILES string of the molecule is COCc1cc(CNC(=O)C2C3C=CC(C3)C2C(=O)O)ccc1F. The highest BCUT2D eigenvalue weighted by atomic mass is 19.1. The quantitative estimate of drug-likeness (QED) is 0.782. The third-order valence-corrected chi connectivity index (χ3v) is 4.92. The standard InChI is InChI=1S/C18H20FNO4/c1-24-9-13-6-10(2-5-14(13)19)8-20-17(21)15-11-3-4-12(7-11)16(15)18(22)23/h2-6,11-12,15-16H,7-9H2,1H3,(H,20,21)(H,22,23). The van der Waals surface area contributed by atoms with E-state index in [2.05, 4.69) is 5.32 Å². The van der Waals surface area contributed by atoms with Crippen molar-refractivity contribution in [1.82, 2.24) is 5.32 Å². The minimum Gasteiger partial charge on any atom is -0.481 e. The predicted molar refractivity (Wildman–Crippen MR) is 84.3 cm³/mol. The van der Waals surface area contributed by atoms with Crippen LogP contribution in [0, 0.1) is 29.5 Å². The highest BCUT2D eigenvalue weighted by molar-refractivity contribution is 5.86. The molecule has 0 aliphatic heterocycles. The van der Waals surface area contributed by atoms with Crippen molar-refractivity contribution in [1.29, 1.82) is 0 Å². The fourth-order valence-electron chi connectivity index (χ4n) is 3.83. The molecule has 0 spiro atoms. The van der Waals surface area contributed by atoms with Gasteiger partial charge in [0.25, 0.3) is 0 Å². The Bertz CT molecular complexity index is 688. The number of carboxylic acids is 1. The van der Waals surface area contributed by atoms with Crippen LogP contribution in [0.2, 0.25) is 0 Å². The Kier molecular flexibility index (Phi) is 4.66. The molecule has 2 N–H and O–H groups in total. The van der Waals surface area contributed by atoms with Crippen LogP contribution in [0.3, 0.4) is 0 Å². The Balaban J connectivity index is 1.66. The van der Waals surface area contributed by atoms with Gasteiger partial charge in [-0.05, 0) is 36.0 Å². The molecular weight excluding hydrogens is 313 g/mol. The molecule has 24 heavy (non-hydrogen) atoms. The van der Waals surface area contributed by atoms with E-state index in [1.807, 2.05) is 12.2 Å². The fraction of sp³-hybridized carbons (Fsp3) is 0.444. The van der Waals surface area contributed by atoms with Crippen LogP contribution < -0.4 is 5.32 Å². The zero-order valence-corrected chi connectivity index (χ0v) is 13.4. The number of nitrogens with one attached hydrogen (secondary N) is 1. The molecule has 128 valence electrons. The van der Waals surface area contributed by atoms with Gasteiger partial charge in [-0.1, -0.05) is 18.2 Å². The van der Waals surface area contributed by atoms with Crippen molar-refractivity contribution in [3.05, 3.63) is 47.3 Å². The van der Waals surface area contributed by atoms with Crippen molar-refractivity contribution < 1.29 is 23.8 Å². The molecule has 2 bridgehead atoms. The summed E-state index contributed by atoms with van der Waals surface area (Å²) in [6.07, 6.45) is 4.58. The molecule has 0 saturated heterocycles. The highest BCUT2D eigenvalue weighted by Crippen LogP contribution is 2.48. The summed E-state index contributed by atoms with van der Waals surface area (Å²) in [6.45, 7) is 0.394. The van der Waals surface area contributed by atoms with Gasteiger partial charge in [0.05, 0.1) is 18.4 Å². The van der Waals surface area contributed by atoms with E-state index in [9.17, 15) is 19.1 Å². The van der Waals surface area contributed by atoms with E-state index in [4.69, 9.17) is 4.74 Å². The Hall–Kier alpha value is -2.21. The zero-order chi connectivity index (χ0) is 17.3. The van der Waals surface area contributed by atoms with Crippen LogP contribution in [0.4, 0.5) is 4.39 Å². The number of hydrogen-bond acceptors (Lipinski definition) is 3. The van der Waals surface area contributed by atoms with Crippen LogP contribution >= 0.6 is 0 Å². The Morgan fingerprint density at radius 3 is 2.67 bits per heavy atom. The van der Waals surface area contributed by atoms with E-state index in [1.54, 1.807) is 12.1 Å². The minimum absolute atomic E-state index is 0.00614. The van der Waals surface area contributed by atoms with Gasteiger partial charge in [0.15, 0.2) is 0 Å². The number of hydrogen-bond donors (Lipinski definition) is 2. The number of benzene rings is 1. The summed E-state index contributed by atoms with van der Waals surface area (Å²) in [6, 6.07) is 4.59. The molecule has 6 heteroatoms. The molecule has 3 rings (SSSR count). The van der Waals surface area contributed by atoms with E-state index >= 15 is 0 Å². The maximum atomic E-state index is 13.6. The van der Waals surface area contributed by atoms with E-state index in [1.165, 1.54) is 13.2 Å². The van der Waals surface area contributed by atoms with E-state index in [0.29, 0.717) is 5.56 Å². The first-order chi connectivity index (χ1) is 11.5. The summed E-state index contributed by atoms with van der Waals surface area (Å²) in [5, 5.41) is 12.2. The molecule has 1 amide bonds. The van der Waals surface area contributed by atoms with Crippen LogP contribution in [0.25, 0.3) is 0 Å². The summed E-state index contributed by atoms with van der Waals surface area (Å²) in [5.41, 5.74) is 1.18. The van der Waals surface area contributed by atoms with Crippen LogP contribution in [0.5, 0.6) is 0 Å². The fourth-order valence-corrected chi connectivity index (χ4v) is 3.83. The lowest BCUT2D eigenvalue weighted by atomic mass is 9.82. The molecule has 0 heterocycles. The van der Waals surface area contributed by atoms with Crippen LogP contribution in [-0.2, 0) is 27.5 Å². The number of carbonyl (C=O) groups is 2. The highest BCUT2D eigenvalue weighted by Gasteiger charge is 2.51. The number of rotatable bonds is 6. The lowest BCUT2D eigenvalue weighted by Crippen LogP contribution is -2.39.